The van der Waals surface area contributed by atoms with Crippen molar-refractivity contribution < 1.29 is 33.3 Å². The number of hydrogen-bond donors (Lipinski definition) is 1. The monoisotopic (exact) mass is 467 g/mol. The van der Waals surface area contributed by atoms with Crippen molar-refractivity contribution in [2.45, 2.75) is 13.0 Å². The smallest absolute Gasteiger partial charge is 0.339 e. The Bertz CT molecular complexity index is 1150. The molecule has 0 saturated carbocycles. The summed E-state index contributed by atoms with van der Waals surface area (Å²) in [5.74, 6) is -1.16. The van der Waals surface area contributed by atoms with Crippen LogP contribution in [0.15, 0.2) is 66.7 Å². The Hall–Kier alpha value is -4.07. The number of rotatable bonds is 11. The van der Waals surface area contributed by atoms with E-state index in [9.17, 15) is 19.1 Å². The van der Waals surface area contributed by atoms with E-state index in [1.807, 2.05) is 18.2 Å². The van der Waals surface area contributed by atoms with E-state index in [4.69, 9.17) is 14.2 Å². The van der Waals surface area contributed by atoms with E-state index in [0.29, 0.717) is 17.7 Å². The fourth-order valence-corrected chi connectivity index (χ4v) is 3.51. The van der Waals surface area contributed by atoms with Crippen molar-refractivity contribution in [3.63, 3.8) is 0 Å². The molecule has 0 atom stereocenters. The molecule has 0 unspecified atom stereocenters. The SMILES string of the molecule is COc1ccccc1CN(CCc1ccccc1F)C(=O)COc1c(OC)cccc1C(=O)O. The van der Waals surface area contributed by atoms with Crippen molar-refractivity contribution in [2.24, 2.45) is 0 Å². The van der Waals surface area contributed by atoms with Crippen LogP contribution in [0.2, 0.25) is 0 Å². The molecule has 0 aliphatic heterocycles. The van der Waals surface area contributed by atoms with Crippen LogP contribution in [0, 0.1) is 5.82 Å². The van der Waals surface area contributed by atoms with Gasteiger partial charge in [-0.2, -0.15) is 0 Å². The van der Waals surface area contributed by atoms with Gasteiger partial charge in [0, 0.05) is 18.7 Å². The molecule has 1 amide bonds. The molecular weight excluding hydrogens is 441 g/mol. The molecule has 7 nitrogen and oxygen atoms in total. The quantitative estimate of drug-likeness (QED) is 0.455. The number of benzene rings is 3. The lowest BCUT2D eigenvalue weighted by molar-refractivity contribution is -0.134. The highest BCUT2D eigenvalue weighted by atomic mass is 19.1. The first-order valence-electron chi connectivity index (χ1n) is 10.6. The third kappa shape index (κ3) is 6.04. The number of ether oxygens (including phenoxy) is 3. The highest BCUT2D eigenvalue weighted by Gasteiger charge is 2.21. The van der Waals surface area contributed by atoms with Gasteiger partial charge in [-0.25, -0.2) is 9.18 Å². The molecule has 0 radical (unpaired) electrons. The number of halogens is 1. The molecule has 0 aromatic heterocycles. The van der Waals surface area contributed by atoms with Gasteiger partial charge in [-0.15, -0.1) is 0 Å². The molecular formula is C26H26FNO6. The minimum Gasteiger partial charge on any atom is -0.496 e. The van der Waals surface area contributed by atoms with Crippen LogP contribution in [0.5, 0.6) is 17.2 Å². The van der Waals surface area contributed by atoms with E-state index in [1.54, 1.807) is 37.4 Å². The number of amides is 1. The lowest BCUT2D eigenvalue weighted by atomic mass is 10.1. The minimum absolute atomic E-state index is 0.0304. The van der Waals surface area contributed by atoms with Crippen molar-refractivity contribution in [3.05, 3.63) is 89.2 Å². The molecule has 0 spiro atoms. The average molecular weight is 467 g/mol. The van der Waals surface area contributed by atoms with Crippen LogP contribution in [0.4, 0.5) is 4.39 Å². The molecule has 0 aliphatic rings. The topological polar surface area (TPSA) is 85.3 Å². The number of para-hydroxylation sites is 2. The van der Waals surface area contributed by atoms with Crippen molar-refractivity contribution in [1.29, 1.82) is 0 Å². The summed E-state index contributed by atoms with van der Waals surface area (Å²) in [5, 5.41) is 9.47. The second-order valence-corrected chi connectivity index (χ2v) is 7.40. The Labute approximate surface area is 197 Å². The molecule has 34 heavy (non-hydrogen) atoms. The Morgan fingerprint density at radius 2 is 1.53 bits per heavy atom. The maximum atomic E-state index is 14.1. The second kappa shape index (κ2) is 11.7. The van der Waals surface area contributed by atoms with Gasteiger partial charge in [0.15, 0.2) is 18.1 Å². The lowest BCUT2D eigenvalue weighted by Gasteiger charge is -2.24. The first kappa shape index (κ1) is 24.6. The Morgan fingerprint density at radius 1 is 0.882 bits per heavy atom. The predicted octanol–water partition coefficient (Wildman–Crippen LogP) is 4.19. The fourth-order valence-electron chi connectivity index (χ4n) is 3.51. The summed E-state index contributed by atoms with van der Waals surface area (Å²) in [7, 11) is 2.93. The number of carboxylic acids is 1. The van der Waals surface area contributed by atoms with Crippen LogP contribution < -0.4 is 14.2 Å². The van der Waals surface area contributed by atoms with E-state index in [-0.39, 0.29) is 36.0 Å². The van der Waals surface area contributed by atoms with Crippen molar-refractivity contribution in [3.8, 4) is 17.2 Å². The van der Waals surface area contributed by atoms with Crippen molar-refractivity contribution in [1.82, 2.24) is 4.90 Å². The van der Waals surface area contributed by atoms with Crippen molar-refractivity contribution in [2.75, 3.05) is 27.4 Å². The van der Waals surface area contributed by atoms with E-state index in [2.05, 4.69) is 0 Å². The largest absolute Gasteiger partial charge is 0.496 e. The average Bonchev–Trinajstić information content (AvgIpc) is 2.85. The van der Waals surface area contributed by atoms with Gasteiger partial charge < -0.3 is 24.2 Å². The zero-order valence-electron chi connectivity index (χ0n) is 19.0. The highest BCUT2D eigenvalue weighted by Crippen LogP contribution is 2.31. The summed E-state index contributed by atoms with van der Waals surface area (Å²) < 4.78 is 30.4. The van der Waals surface area contributed by atoms with Gasteiger partial charge in [-0.05, 0) is 36.2 Å². The first-order valence-corrected chi connectivity index (χ1v) is 10.6. The minimum atomic E-state index is -1.20. The number of aromatic carboxylic acids is 1. The number of nitrogens with zero attached hydrogens (tertiary/aromatic N) is 1. The van der Waals surface area contributed by atoms with E-state index >= 15 is 0 Å². The standard InChI is InChI=1S/C26H26FNO6/c1-32-22-12-6-4-9-19(22)16-28(15-14-18-8-3-5-11-21(18)27)24(29)17-34-25-20(26(30)31)10-7-13-23(25)33-2/h3-13H,14-17H2,1-2H3,(H,30,31). The summed E-state index contributed by atoms with van der Waals surface area (Å²) in [5.41, 5.74) is 1.14. The Kier molecular flexibility index (Phi) is 8.45. The molecule has 8 heteroatoms. The molecule has 3 rings (SSSR count). The maximum Gasteiger partial charge on any atom is 0.339 e. The van der Waals surface area contributed by atoms with Crippen LogP contribution in [-0.4, -0.2) is 49.3 Å². The first-order chi connectivity index (χ1) is 16.4. The molecule has 0 saturated heterocycles. The number of carbonyl (C=O) groups excluding carboxylic acids is 1. The lowest BCUT2D eigenvalue weighted by Crippen LogP contribution is -2.36. The van der Waals surface area contributed by atoms with Crippen LogP contribution >= 0.6 is 0 Å². The fraction of sp³-hybridized carbons (Fsp3) is 0.231. The summed E-state index contributed by atoms with van der Waals surface area (Å²) >= 11 is 0. The molecule has 3 aromatic rings. The highest BCUT2D eigenvalue weighted by molar-refractivity contribution is 5.92. The van der Waals surface area contributed by atoms with Gasteiger partial charge in [0.1, 0.15) is 17.1 Å². The van der Waals surface area contributed by atoms with E-state index < -0.39 is 18.5 Å². The molecule has 0 bridgehead atoms. The summed E-state index contributed by atoms with van der Waals surface area (Å²) in [6, 6.07) is 18.1. The molecule has 178 valence electrons. The van der Waals surface area contributed by atoms with Gasteiger partial charge >= 0.3 is 5.97 Å². The van der Waals surface area contributed by atoms with Gasteiger partial charge in [0.2, 0.25) is 0 Å². The Balaban J connectivity index is 1.82. The summed E-state index contributed by atoms with van der Waals surface area (Å²) in [6.45, 7) is 0.00430. The number of carbonyl (C=O) groups is 2. The second-order valence-electron chi connectivity index (χ2n) is 7.40. The van der Waals surface area contributed by atoms with Crippen molar-refractivity contribution >= 4 is 11.9 Å². The Morgan fingerprint density at radius 3 is 2.21 bits per heavy atom. The number of hydrogen-bond acceptors (Lipinski definition) is 5. The molecule has 0 aliphatic carbocycles. The van der Waals surface area contributed by atoms with Crippen LogP contribution in [0.1, 0.15) is 21.5 Å². The third-order valence-corrected chi connectivity index (χ3v) is 5.28. The van der Waals surface area contributed by atoms with Crippen LogP contribution in [-0.2, 0) is 17.8 Å². The molecule has 0 fully saturated rings. The number of methoxy groups -OCH3 is 2. The van der Waals surface area contributed by atoms with Crippen LogP contribution in [0.3, 0.4) is 0 Å². The summed E-state index contributed by atoms with van der Waals surface area (Å²) in [6.07, 6.45) is 0.294. The van der Waals surface area contributed by atoms with E-state index in [1.165, 1.54) is 30.2 Å². The maximum absolute atomic E-state index is 14.1. The molecule has 0 heterocycles. The van der Waals surface area contributed by atoms with Gasteiger partial charge in [-0.3, -0.25) is 4.79 Å². The molecule has 1 N–H and O–H groups in total. The zero-order chi connectivity index (χ0) is 24.5. The van der Waals surface area contributed by atoms with Gasteiger partial charge in [0.25, 0.3) is 5.91 Å². The van der Waals surface area contributed by atoms with Crippen LogP contribution in [0.25, 0.3) is 0 Å². The normalized spacial score (nSPS) is 10.4. The predicted molar refractivity (Wildman–Crippen MR) is 124 cm³/mol. The van der Waals surface area contributed by atoms with E-state index in [0.717, 1.165) is 5.56 Å². The van der Waals surface area contributed by atoms with Gasteiger partial charge in [-0.1, -0.05) is 42.5 Å². The van der Waals surface area contributed by atoms with Gasteiger partial charge in [0.05, 0.1) is 14.2 Å². The number of carboxylic acid groups (broad SMARTS) is 1. The molecule has 3 aromatic carbocycles. The zero-order valence-corrected chi connectivity index (χ0v) is 19.0. The third-order valence-electron chi connectivity index (χ3n) is 5.28. The summed E-state index contributed by atoms with van der Waals surface area (Å²) in [4.78, 5) is 26.3.